The summed E-state index contributed by atoms with van der Waals surface area (Å²) in [5, 5.41) is 4.93. The molecule has 4 nitrogen and oxygen atoms in total. The van der Waals surface area contributed by atoms with Crippen molar-refractivity contribution >= 4 is 43.6 Å². The van der Waals surface area contributed by atoms with Gasteiger partial charge in [0.05, 0.1) is 33.5 Å². The number of hydrogen-bond donors (Lipinski definition) is 0. The summed E-state index contributed by atoms with van der Waals surface area (Å²) < 4.78 is 4.79. The summed E-state index contributed by atoms with van der Waals surface area (Å²) >= 11 is 0. The van der Waals surface area contributed by atoms with E-state index < -0.39 is 0 Å². The average molecular weight is 867 g/mol. The quantitative estimate of drug-likeness (QED) is 0.153. The third-order valence-corrected chi connectivity index (χ3v) is 13.4. The molecule has 0 aliphatic heterocycles. The van der Waals surface area contributed by atoms with Crippen LogP contribution in [0.5, 0.6) is 0 Å². The monoisotopic (exact) mass is 866 g/mol. The summed E-state index contributed by atoms with van der Waals surface area (Å²) in [7, 11) is 0. The molecule has 0 saturated heterocycles. The fraction of sp³-hybridized carbons (Fsp3) is 0. The summed E-state index contributed by atoms with van der Waals surface area (Å²) in [5.41, 5.74) is 18.9. The van der Waals surface area contributed by atoms with Crippen LogP contribution in [0.1, 0.15) is 0 Å². The minimum absolute atomic E-state index is 0.697. The highest BCUT2D eigenvalue weighted by Crippen LogP contribution is 2.42. The van der Waals surface area contributed by atoms with Crippen LogP contribution >= 0.6 is 0 Å². The summed E-state index contributed by atoms with van der Waals surface area (Å²) in [6, 6.07) is 91.0. The van der Waals surface area contributed by atoms with Crippen LogP contribution in [-0.4, -0.2) is 19.1 Å². The lowest BCUT2D eigenvalue weighted by Crippen LogP contribution is -1.96. The average Bonchev–Trinajstić information content (AvgIpc) is 3.95. The Morgan fingerprint density at radius 2 is 0.662 bits per heavy atom. The van der Waals surface area contributed by atoms with Crippen LogP contribution in [-0.2, 0) is 0 Å². The Morgan fingerprint density at radius 3 is 1.28 bits per heavy atom. The first kappa shape index (κ1) is 39.3. The summed E-state index contributed by atoms with van der Waals surface area (Å²) in [6.07, 6.45) is 0. The van der Waals surface area contributed by atoms with Crippen LogP contribution in [0.25, 0.3) is 122 Å². The molecule has 3 heterocycles. The fourth-order valence-electron chi connectivity index (χ4n) is 10.2. The lowest BCUT2D eigenvalue weighted by atomic mass is 9.96. The summed E-state index contributed by atoms with van der Waals surface area (Å²) in [6.45, 7) is 0. The topological polar surface area (TPSA) is 35.6 Å². The number of nitrogens with zero attached hydrogens (tertiary/aromatic N) is 4. The standard InChI is InChI=1S/C64H42N4/c1-4-17-43(18-5-1)44-33-35-46(36-34-44)56-42-57(66-64(65-56)47-19-6-2-7-20-47)49-22-14-21-48(41-49)53-28-16-32-61-63(53)55-26-11-13-30-59(55)68(61)51-39-37-45(38-40-51)52-27-15-31-60-62(52)54-25-10-12-29-58(54)67(60)50-23-8-3-9-24-50/h1-42H. The van der Waals surface area contributed by atoms with E-state index in [1.165, 1.54) is 60.4 Å². The Morgan fingerprint density at radius 1 is 0.250 bits per heavy atom. The van der Waals surface area contributed by atoms with Crippen LogP contribution in [0.15, 0.2) is 255 Å². The van der Waals surface area contributed by atoms with Gasteiger partial charge in [-0.15, -0.1) is 0 Å². The van der Waals surface area contributed by atoms with Gasteiger partial charge >= 0.3 is 0 Å². The minimum Gasteiger partial charge on any atom is -0.309 e. The highest BCUT2D eigenvalue weighted by molar-refractivity contribution is 6.17. The van der Waals surface area contributed by atoms with Crippen LogP contribution in [0.4, 0.5) is 0 Å². The van der Waals surface area contributed by atoms with Gasteiger partial charge in [-0.25, -0.2) is 9.97 Å². The number of aromatic nitrogens is 4. The maximum absolute atomic E-state index is 5.21. The number of para-hydroxylation sites is 3. The van der Waals surface area contributed by atoms with E-state index in [0.717, 1.165) is 56.0 Å². The van der Waals surface area contributed by atoms with Gasteiger partial charge in [0.15, 0.2) is 5.82 Å². The van der Waals surface area contributed by atoms with Gasteiger partial charge in [-0.3, -0.25) is 0 Å². The molecule has 13 aromatic rings. The molecule has 318 valence electrons. The molecular formula is C64H42N4. The number of rotatable bonds is 8. The molecule has 3 aromatic heterocycles. The molecule has 0 aliphatic rings. The molecule has 0 unspecified atom stereocenters. The first-order chi connectivity index (χ1) is 33.7. The maximum Gasteiger partial charge on any atom is 0.160 e. The van der Waals surface area contributed by atoms with Crippen LogP contribution in [0.3, 0.4) is 0 Å². The van der Waals surface area contributed by atoms with E-state index in [9.17, 15) is 0 Å². The zero-order chi connectivity index (χ0) is 45.0. The zero-order valence-electron chi connectivity index (χ0n) is 37.0. The zero-order valence-corrected chi connectivity index (χ0v) is 37.0. The first-order valence-corrected chi connectivity index (χ1v) is 23.2. The number of hydrogen-bond acceptors (Lipinski definition) is 2. The smallest absolute Gasteiger partial charge is 0.160 e. The van der Waals surface area contributed by atoms with Gasteiger partial charge in [0.25, 0.3) is 0 Å². The Hall–Kier alpha value is -9.12. The Bertz CT molecular complexity index is 3980. The highest BCUT2D eigenvalue weighted by Gasteiger charge is 2.19. The van der Waals surface area contributed by atoms with Crippen molar-refractivity contribution in [3.8, 4) is 78.7 Å². The second-order valence-electron chi connectivity index (χ2n) is 17.3. The highest BCUT2D eigenvalue weighted by atomic mass is 15.0. The van der Waals surface area contributed by atoms with Gasteiger partial charge < -0.3 is 9.13 Å². The molecular weight excluding hydrogens is 825 g/mol. The van der Waals surface area contributed by atoms with Gasteiger partial charge in [0.2, 0.25) is 0 Å². The van der Waals surface area contributed by atoms with E-state index in [1.54, 1.807) is 0 Å². The molecule has 0 radical (unpaired) electrons. The molecule has 10 aromatic carbocycles. The minimum atomic E-state index is 0.697. The lowest BCUT2D eigenvalue weighted by molar-refractivity contribution is 1.18. The van der Waals surface area contributed by atoms with Gasteiger partial charge in [-0.1, -0.05) is 194 Å². The Labute approximate surface area is 394 Å². The van der Waals surface area contributed by atoms with Crippen LogP contribution in [0.2, 0.25) is 0 Å². The third kappa shape index (κ3) is 6.69. The Kier molecular flexibility index (Phi) is 9.47. The predicted molar refractivity (Wildman–Crippen MR) is 283 cm³/mol. The van der Waals surface area contributed by atoms with Crippen LogP contribution in [0, 0.1) is 0 Å². The lowest BCUT2D eigenvalue weighted by Gasteiger charge is -2.12. The maximum atomic E-state index is 5.21. The van der Waals surface area contributed by atoms with Gasteiger partial charge in [0.1, 0.15) is 0 Å². The van der Waals surface area contributed by atoms with Gasteiger partial charge in [-0.05, 0) is 94.0 Å². The molecule has 0 N–H and O–H groups in total. The van der Waals surface area contributed by atoms with Gasteiger partial charge in [-0.2, -0.15) is 0 Å². The molecule has 0 amide bonds. The second-order valence-corrected chi connectivity index (χ2v) is 17.3. The molecule has 0 saturated carbocycles. The number of fused-ring (bicyclic) bond motifs is 6. The van der Waals surface area contributed by atoms with Crippen molar-refractivity contribution in [3.63, 3.8) is 0 Å². The SMILES string of the molecule is c1ccc(-c2ccc(-c3cc(-c4cccc(-c5cccc6c5c5ccccc5n6-c5ccc(-c6cccc7c6c6ccccc6n7-c6ccccc6)cc5)c4)nc(-c4ccccc4)n3)cc2)cc1. The van der Waals surface area contributed by atoms with E-state index >= 15 is 0 Å². The summed E-state index contributed by atoms with van der Waals surface area (Å²) in [5.74, 6) is 0.697. The molecule has 0 fully saturated rings. The molecule has 0 atom stereocenters. The Balaban J connectivity index is 0.906. The van der Waals surface area contributed by atoms with Crippen molar-refractivity contribution < 1.29 is 0 Å². The van der Waals surface area contributed by atoms with Crippen molar-refractivity contribution in [2.45, 2.75) is 0 Å². The van der Waals surface area contributed by atoms with Crippen molar-refractivity contribution in [3.05, 3.63) is 255 Å². The van der Waals surface area contributed by atoms with E-state index in [1.807, 2.05) is 24.3 Å². The van der Waals surface area contributed by atoms with Crippen molar-refractivity contribution in [2.24, 2.45) is 0 Å². The van der Waals surface area contributed by atoms with Crippen molar-refractivity contribution in [1.82, 2.24) is 19.1 Å². The molecule has 4 heteroatoms. The van der Waals surface area contributed by atoms with E-state index in [2.05, 4.69) is 240 Å². The van der Waals surface area contributed by atoms with E-state index in [4.69, 9.17) is 9.97 Å². The molecule has 13 rings (SSSR count). The van der Waals surface area contributed by atoms with Crippen molar-refractivity contribution in [1.29, 1.82) is 0 Å². The van der Waals surface area contributed by atoms with Crippen LogP contribution < -0.4 is 0 Å². The van der Waals surface area contributed by atoms with Gasteiger partial charge in [0, 0.05) is 49.6 Å². The second kappa shape index (κ2) is 16.4. The molecule has 0 spiro atoms. The molecule has 0 bridgehead atoms. The van der Waals surface area contributed by atoms with Crippen molar-refractivity contribution in [2.75, 3.05) is 0 Å². The fourth-order valence-corrected chi connectivity index (χ4v) is 10.2. The largest absolute Gasteiger partial charge is 0.309 e. The first-order valence-electron chi connectivity index (χ1n) is 23.2. The van der Waals surface area contributed by atoms with E-state index in [0.29, 0.717) is 5.82 Å². The molecule has 0 aliphatic carbocycles. The molecule has 68 heavy (non-hydrogen) atoms. The number of benzene rings is 10. The predicted octanol–water partition coefficient (Wildman–Crippen LogP) is 16.7. The van der Waals surface area contributed by atoms with E-state index in [-0.39, 0.29) is 0 Å². The summed E-state index contributed by atoms with van der Waals surface area (Å²) in [4.78, 5) is 10.3. The third-order valence-electron chi connectivity index (χ3n) is 13.4. The normalized spacial score (nSPS) is 11.5.